The van der Waals surface area contributed by atoms with Crippen molar-refractivity contribution in [3.8, 4) is 6.07 Å². The second-order valence-electron chi connectivity index (χ2n) is 7.48. The monoisotopic (exact) mass is 264 g/mol. The van der Waals surface area contributed by atoms with Crippen LogP contribution in [0.1, 0.15) is 59.3 Å². The highest BCUT2D eigenvalue weighted by Crippen LogP contribution is 2.41. The minimum Gasteiger partial charge on any atom is -0.375 e. The fourth-order valence-corrected chi connectivity index (χ4v) is 4.14. The van der Waals surface area contributed by atoms with E-state index >= 15 is 0 Å². The Hall–Kier alpha value is -0.590. The molecular formula is C16H28N2O. The molecule has 2 saturated carbocycles. The fraction of sp³-hybridized carbons (Fsp3) is 0.938. The van der Waals surface area contributed by atoms with Crippen LogP contribution in [0.2, 0.25) is 0 Å². The summed E-state index contributed by atoms with van der Waals surface area (Å²) in [4.78, 5) is 0. The molecule has 4 unspecified atom stereocenters. The molecule has 0 saturated heterocycles. The minimum atomic E-state index is -0.347. The Balaban J connectivity index is 1.91. The zero-order valence-electron chi connectivity index (χ0n) is 12.8. The van der Waals surface area contributed by atoms with Crippen LogP contribution in [0.15, 0.2) is 0 Å². The van der Waals surface area contributed by atoms with Gasteiger partial charge in [-0.1, -0.05) is 20.8 Å². The first-order chi connectivity index (χ1) is 8.88. The normalized spacial score (nSPS) is 41.9. The van der Waals surface area contributed by atoms with Gasteiger partial charge in [-0.3, -0.25) is 0 Å². The third kappa shape index (κ3) is 3.49. The largest absolute Gasteiger partial charge is 0.375 e. The van der Waals surface area contributed by atoms with E-state index in [4.69, 9.17) is 4.74 Å². The Labute approximate surface area is 117 Å². The third-order valence-corrected chi connectivity index (χ3v) is 4.89. The maximum absolute atomic E-state index is 9.30. The van der Waals surface area contributed by atoms with Gasteiger partial charge in [0.05, 0.1) is 18.3 Å². The molecule has 2 fully saturated rings. The molecule has 108 valence electrons. The van der Waals surface area contributed by atoms with E-state index < -0.39 is 0 Å². The van der Waals surface area contributed by atoms with Gasteiger partial charge in [-0.25, -0.2) is 0 Å². The van der Waals surface area contributed by atoms with Crippen LogP contribution in [0.5, 0.6) is 0 Å². The first-order valence-corrected chi connectivity index (χ1v) is 7.64. The molecule has 2 aliphatic carbocycles. The van der Waals surface area contributed by atoms with Gasteiger partial charge in [0.25, 0.3) is 0 Å². The van der Waals surface area contributed by atoms with Crippen molar-refractivity contribution in [3.05, 3.63) is 0 Å². The lowest BCUT2D eigenvalue weighted by Gasteiger charge is -2.39. The van der Waals surface area contributed by atoms with Gasteiger partial charge in [-0.2, -0.15) is 5.26 Å². The molecule has 3 heteroatoms. The summed E-state index contributed by atoms with van der Waals surface area (Å²) in [6.45, 7) is 7.03. The highest BCUT2D eigenvalue weighted by atomic mass is 16.5. The zero-order chi connectivity index (χ0) is 14.1. The Morgan fingerprint density at radius 1 is 1.21 bits per heavy atom. The lowest BCUT2D eigenvalue weighted by Crippen LogP contribution is -2.40. The van der Waals surface area contributed by atoms with Crippen LogP contribution in [0.3, 0.4) is 0 Å². The second kappa shape index (κ2) is 5.42. The smallest absolute Gasteiger partial charge is 0.109 e. The van der Waals surface area contributed by atoms with Gasteiger partial charge in [0.15, 0.2) is 0 Å². The number of nitrogens with one attached hydrogen (secondary N) is 1. The predicted octanol–water partition coefficient (Wildman–Crippen LogP) is 3.25. The molecule has 0 heterocycles. The van der Waals surface area contributed by atoms with Gasteiger partial charge in [-0.15, -0.1) is 0 Å². The Morgan fingerprint density at radius 2 is 1.95 bits per heavy atom. The molecule has 4 atom stereocenters. The van der Waals surface area contributed by atoms with E-state index in [1.165, 1.54) is 12.8 Å². The highest BCUT2D eigenvalue weighted by Gasteiger charge is 2.41. The molecule has 0 radical (unpaired) electrons. The van der Waals surface area contributed by atoms with Crippen LogP contribution in [-0.2, 0) is 4.74 Å². The van der Waals surface area contributed by atoms with Crippen molar-refractivity contribution < 1.29 is 4.74 Å². The van der Waals surface area contributed by atoms with E-state index in [1.807, 2.05) is 7.05 Å². The number of ether oxygens (including phenoxy) is 1. The van der Waals surface area contributed by atoms with Gasteiger partial charge < -0.3 is 10.1 Å². The molecule has 19 heavy (non-hydrogen) atoms. The SMILES string of the molecule is CNC1(C#N)CCC(OC2CC(C)CC(C)(C)C2)C1. The third-order valence-electron chi connectivity index (χ3n) is 4.89. The molecule has 0 bridgehead atoms. The van der Waals surface area contributed by atoms with Crippen LogP contribution in [0, 0.1) is 22.7 Å². The molecule has 0 aromatic carbocycles. The van der Waals surface area contributed by atoms with Crippen molar-refractivity contribution in [1.82, 2.24) is 5.32 Å². The van der Waals surface area contributed by atoms with Gasteiger partial charge >= 0.3 is 0 Å². The molecule has 0 aromatic heterocycles. The summed E-state index contributed by atoms with van der Waals surface area (Å²) in [7, 11) is 1.89. The van der Waals surface area contributed by atoms with E-state index in [0.29, 0.717) is 11.5 Å². The molecule has 0 spiro atoms. The maximum Gasteiger partial charge on any atom is 0.109 e. The molecule has 2 aliphatic rings. The van der Waals surface area contributed by atoms with Crippen molar-refractivity contribution in [2.45, 2.75) is 77.0 Å². The molecule has 2 rings (SSSR count). The summed E-state index contributed by atoms with van der Waals surface area (Å²) in [6, 6.07) is 2.43. The molecule has 0 aromatic rings. The van der Waals surface area contributed by atoms with Gasteiger partial charge in [0, 0.05) is 6.42 Å². The van der Waals surface area contributed by atoms with Crippen molar-refractivity contribution >= 4 is 0 Å². The summed E-state index contributed by atoms with van der Waals surface area (Å²) < 4.78 is 6.33. The molecule has 0 amide bonds. The minimum absolute atomic E-state index is 0.262. The second-order valence-corrected chi connectivity index (χ2v) is 7.48. The van der Waals surface area contributed by atoms with Crippen molar-refractivity contribution in [3.63, 3.8) is 0 Å². The predicted molar refractivity (Wildman–Crippen MR) is 76.7 cm³/mol. The number of nitriles is 1. The van der Waals surface area contributed by atoms with E-state index in [9.17, 15) is 5.26 Å². The maximum atomic E-state index is 9.30. The fourth-order valence-electron chi connectivity index (χ4n) is 4.14. The Bertz CT molecular complexity index is 360. The molecule has 1 N–H and O–H groups in total. The van der Waals surface area contributed by atoms with Crippen molar-refractivity contribution in [2.24, 2.45) is 11.3 Å². The zero-order valence-corrected chi connectivity index (χ0v) is 12.8. The number of hydrogen-bond donors (Lipinski definition) is 1. The standard InChI is InChI=1S/C16H28N2O/c1-12-7-14(9-15(2,3)8-12)19-13-5-6-16(10-13,11-17)18-4/h12-14,18H,5-10H2,1-4H3. The first kappa shape index (κ1) is 14.8. The number of nitrogens with zero attached hydrogens (tertiary/aromatic N) is 1. The van der Waals surface area contributed by atoms with Crippen molar-refractivity contribution in [2.75, 3.05) is 7.05 Å². The van der Waals surface area contributed by atoms with Crippen LogP contribution in [0.4, 0.5) is 0 Å². The lowest BCUT2D eigenvalue weighted by molar-refractivity contribution is -0.0637. The van der Waals surface area contributed by atoms with Crippen LogP contribution in [-0.4, -0.2) is 24.8 Å². The average Bonchev–Trinajstić information content (AvgIpc) is 2.70. The number of rotatable bonds is 3. The summed E-state index contributed by atoms with van der Waals surface area (Å²) in [5, 5.41) is 12.5. The average molecular weight is 264 g/mol. The van der Waals surface area contributed by atoms with Gasteiger partial charge in [-0.05, 0) is 50.5 Å². The van der Waals surface area contributed by atoms with Crippen LogP contribution in [0.25, 0.3) is 0 Å². The van der Waals surface area contributed by atoms with Crippen LogP contribution < -0.4 is 5.32 Å². The quantitative estimate of drug-likeness (QED) is 0.851. The highest BCUT2D eigenvalue weighted by molar-refractivity contribution is 5.11. The number of hydrogen-bond acceptors (Lipinski definition) is 3. The molecule has 0 aliphatic heterocycles. The van der Waals surface area contributed by atoms with Gasteiger partial charge in [0.1, 0.15) is 5.54 Å². The summed E-state index contributed by atoms with van der Waals surface area (Å²) in [5.74, 6) is 0.750. The summed E-state index contributed by atoms with van der Waals surface area (Å²) in [6.07, 6.45) is 7.05. The lowest BCUT2D eigenvalue weighted by atomic mass is 9.71. The van der Waals surface area contributed by atoms with E-state index in [2.05, 4.69) is 32.2 Å². The van der Waals surface area contributed by atoms with E-state index in [1.54, 1.807) is 0 Å². The summed E-state index contributed by atoms with van der Waals surface area (Å²) >= 11 is 0. The topological polar surface area (TPSA) is 45.0 Å². The molecular weight excluding hydrogens is 236 g/mol. The Morgan fingerprint density at radius 3 is 2.47 bits per heavy atom. The van der Waals surface area contributed by atoms with E-state index in [0.717, 1.165) is 31.6 Å². The van der Waals surface area contributed by atoms with Crippen LogP contribution >= 0.6 is 0 Å². The van der Waals surface area contributed by atoms with Crippen molar-refractivity contribution in [1.29, 1.82) is 5.26 Å². The Kier molecular flexibility index (Phi) is 4.23. The first-order valence-electron chi connectivity index (χ1n) is 7.64. The van der Waals surface area contributed by atoms with E-state index in [-0.39, 0.29) is 11.6 Å². The summed E-state index contributed by atoms with van der Waals surface area (Å²) in [5.41, 5.74) is 0.0523. The van der Waals surface area contributed by atoms with Gasteiger partial charge in [0.2, 0.25) is 0 Å². The molecule has 3 nitrogen and oxygen atoms in total.